The zero-order valence-electron chi connectivity index (χ0n) is 13.0. The molecule has 24 heavy (non-hydrogen) atoms. The maximum atomic E-state index is 12.0. The molecule has 124 valence electrons. The first-order valence-electron chi connectivity index (χ1n) is 7.55. The highest BCUT2D eigenvalue weighted by Gasteiger charge is 2.25. The number of carbonyl (C=O) groups is 1. The standard InChI is InChI=1S/C15H16N6O2S/c1-20-7-10(5-17-20)14-12-9-23-11(8-21(12)19-18-14)6-16-15(22)13-3-2-4-24-13/h2-5,7,11H,6,8-9H2,1H3,(H,16,22)/t11-/m0/s1. The van der Waals surface area contributed by atoms with Gasteiger partial charge in [0, 0.05) is 25.4 Å². The van der Waals surface area contributed by atoms with E-state index in [9.17, 15) is 4.79 Å². The fraction of sp³-hybridized carbons (Fsp3) is 0.333. The second kappa shape index (κ2) is 6.17. The number of aromatic nitrogens is 5. The number of amides is 1. The van der Waals surface area contributed by atoms with Gasteiger partial charge < -0.3 is 10.1 Å². The Hall–Kier alpha value is -2.52. The lowest BCUT2D eigenvalue weighted by atomic mass is 10.2. The van der Waals surface area contributed by atoms with Gasteiger partial charge in [0.2, 0.25) is 0 Å². The van der Waals surface area contributed by atoms with E-state index >= 15 is 0 Å². The van der Waals surface area contributed by atoms with Gasteiger partial charge in [-0.2, -0.15) is 5.10 Å². The van der Waals surface area contributed by atoms with Crippen molar-refractivity contribution in [3.8, 4) is 11.3 Å². The van der Waals surface area contributed by atoms with Crippen LogP contribution in [0.25, 0.3) is 11.3 Å². The van der Waals surface area contributed by atoms with Gasteiger partial charge in [-0.15, -0.1) is 16.4 Å². The van der Waals surface area contributed by atoms with E-state index in [1.54, 1.807) is 16.9 Å². The molecule has 0 bridgehead atoms. The average Bonchev–Trinajstić information content (AvgIpc) is 3.32. The molecule has 0 spiro atoms. The van der Waals surface area contributed by atoms with Crippen LogP contribution in [0.3, 0.4) is 0 Å². The number of hydrogen-bond acceptors (Lipinski definition) is 6. The highest BCUT2D eigenvalue weighted by molar-refractivity contribution is 7.12. The molecular formula is C15H16N6O2S. The van der Waals surface area contributed by atoms with Crippen LogP contribution in [-0.4, -0.2) is 43.3 Å². The maximum absolute atomic E-state index is 12.0. The van der Waals surface area contributed by atoms with Crippen LogP contribution in [0.4, 0.5) is 0 Å². The van der Waals surface area contributed by atoms with Crippen molar-refractivity contribution in [2.24, 2.45) is 7.05 Å². The molecule has 9 heteroatoms. The van der Waals surface area contributed by atoms with Crippen LogP contribution >= 0.6 is 11.3 Å². The lowest BCUT2D eigenvalue weighted by Crippen LogP contribution is -2.38. The van der Waals surface area contributed by atoms with Crippen LogP contribution in [0.1, 0.15) is 15.4 Å². The van der Waals surface area contributed by atoms with Gasteiger partial charge in [-0.05, 0) is 11.4 Å². The number of rotatable bonds is 4. The van der Waals surface area contributed by atoms with E-state index in [2.05, 4.69) is 20.7 Å². The third kappa shape index (κ3) is 2.83. The van der Waals surface area contributed by atoms with Crippen LogP contribution in [0.5, 0.6) is 0 Å². The second-order valence-corrected chi connectivity index (χ2v) is 6.54. The number of thiophene rings is 1. The topological polar surface area (TPSA) is 86.9 Å². The lowest BCUT2D eigenvalue weighted by Gasteiger charge is -2.24. The van der Waals surface area contributed by atoms with Gasteiger partial charge in [-0.3, -0.25) is 9.48 Å². The Balaban J connectivity index is 1.41. The lowest BCUT2D eigenvalue weighted by molar-refractivity contribution is 0.00179. The predicted octanol–water partition coefficient (Wildman–Crippen LogP) is 1.07. The fourth-order valence-corrected chi connectivity index (χ4v) is 3.30. The first kappa shape index (κ1) is 15.0. The molecule has 0 radical (unpaired) electrons. The van der Waals surface area contributed by atoms with Gasteiger partial charge >= 0.3 is 0 Å². The molecule has 0 unspecified atom stereocenters. The van der Waals surface area contributed by atoms with Gasteiger partial charge in [0.15, 0.2) is 0 Å². The van der Waals surface area contributed by atoms with Crippen molar-refractivity contribution in [2.75, 3.05) is 6.54 Å². The van der Waals surface area contributed by atoms with Crippen LogP contribution in [0.2, 0.25) is 0 Å². The molecule has 0 aromatic carbocycles. The minimum Gasteiger partial charge on any atom is -0.368 e. The van der Waals surface area contributed by atoms with Crippen LogP contribution in [0.15, 0.2) is 29.9 Å². The summed E-state index contributed by atoms with van der Waals surface area (Å²) in [7, 11) is 1.86. The Labute approximate surface area is 142 Å². The van der Waals surface area contributed by atoms with Gasteiger partial charge in [0.05, 0.1) is 36.0 Å². The van der Waals surface area contributed by atoms with E-state index in [1.165, 1.54) is 11.3 Å². The van der Waals surface area contributed by atoms with Gasteiger partial charge in [-0.1, -0.05) is 11.3 Å². The Morgan fingerprint density at radius 2 is 2.46 bits per heavy atom. The van der Waals surface area contributed by atoms with Crippen molar-refractivity contribution in [1.82, 2.24) is 30.1 Å². The summed E-state index contributed by atoms with van der Waals surface area (Å²) in [6, 6.07) is 3.66. The number of hydrogen-bond donors (Lipinski definition) is 1. The molecule has 1 atom stereocenters. The number of carbonyl (C=O) groups excluding carboxylic acids is 1. The van der Waals surface area contributed by atoms with Gasteiger partial charge in [-0.25, -0.2) is 4.68 Å². The van der Waals surface area contributed by atoms with E-state index in [0.717, 1.165) is 17.0 Å². The largest absolute Gasteiger partial charge is 0.368 e. The van der Waals surface area contributed by atoms with Crippen molar-refractivity contribution in [2.45, 2.75) is 19.3 Å². The Morgan fingerprint density at radius 1 is 1.54 bits per heavy atom. The third-order valence-electron chi connectivity index (χ3n) is 3.88. The molecular weight excluding hydrogens is 328 g/mol. The Kier molecular flexibility index (Phi) is 3.87. The number of nitrogens with one attached hydrogen (secondary N) is 1. The molecule has 1 aliphatic rings. The summed E-state index contributed by atoms with van der Waals surface area (Å²) in [5.41, 5.74) is 2.65. The molecule has 0 saturated heterocycles. The summed E-state index contributed by atoms with van der Waals surface area (Å²) in [5.74, 6) is -0.0750. The quantitative estimate of drug-likeness (QED) is 0.765. The predicted molar refractivity (Wildman–Crippen MR) is 87.5 cm³/mol. The van der Waals surface area contributed by atoms with Crippen LogP contribution in [0, 0.1) is 0 Å². The minimum absolute atomic E-state index is 0.0750. The van der Waals surface area contributed by atoms with Gasteiger partial charge in [0.1, 0.15) is 5.69 Å². The highest BCUT2D eigenvalue weighted by atomic mass is 32.1. The summed E-state index contributed by atoms with van der Waals surface area (Å²) < 4.78 is 9.43. The molecule has 0 fully saturated rings. The summed E-state index contributed by atoms with van der Waals surface area (Å²) in [6.45, 7) is 1.42. The first-order chi connectivity index (χ1) is 11.7. The number of fused-ring (bicyclic) bond motifs is 1. The van der Waals surface area contributed by atoms with E-state index in [0.29, 0.717) is 24.6 Å². The Morgan fingerprint density at radius 3 is 3.21 bits per heavy atom. The number of aryl methyl sites for hydroxylation is 1. The summed E-state index contributed by atoms with van der Waals surface area (Å²) in [5, 5.41) is 17.4. The molecule has 8 nitrogen and oxygen atoms in total. The normalized spacial score (nSPS) is 16.8. The smallest absolute Gasteiger partial charge is 0.261 e. The monoisotopic (exact) mass is 344 g/mol. The zero-order valence-corrected chi connectivity index (χ0v) is 13.9. The average molecular weight is 344 g/mol. The van der Waals surface area contributed by atoms with E-state index in [1.807, 2.05) is 29.4 Å². The molecule has 1 aliphatic heterocycles. The molecule has 1 amide bonds. The highest BCUT2D eigenvalue weighted by Crippen LogP contribution is 2.24. The fourth-order valence-electron chi connectivity index (χ4n) is 2.66. The van der Waals surface area contributed by atoms with Crippen molar-refractivity contribution >= 4 is 17.2 Å². The second-order valence-electron chi connectivity index (χ2n) is 5.59. The molecule has 0 saturated carbocycles. The molecule has 1 N–H and O–H groups in total. The van der Waals surface area contributed by atoms with E-state index < -0.39 is 0 Å². The van der Waals surface area contributed by atoms with Crippen molar-refractivity contribution in [1.29, 1.82) is 0 Å². The molecule has 3 aromatic heterocycles. The minimum atomic E-state index is -0.120. The van der Waals surface area contributed by atoms with Crippen molar-refractivity contribution in [3.05, 3.63) is 40.5 Å². The van der Waals surface area contributed by atoms with Crippen LogP contribution in [-0.2, 0) is 24.9 Å². The van der Waals surface area contributed by atoms with Gasteiger partial charge in [0.25, 0.3) is 5.91 Å². The van der Waals surface area contributed by atoms with Crippen molar-refractivity contribution in [3.63, 3.8) is 0 Å². The summed E-state index contributed by atoms with van der Waals surface area (Å²) in [4.78, 5) is 12.7. The maximum Gasteiger partial charge on any atom is 0.261 e. The SMILES string of the molecule is Cn1cc(-c2nnn3c2CO[C@@H](CNC(=O)c2cccs2)C3)cn1. The zero-order chi connectivity index (χ0) is 16.5. The third-order valence-corrected chi connectivity index (χ3v) is 4.75. The summed E-state index contributed by atoms with van der Waals surface area (Å²) in [6.07, 6.45) is 3.54. The molecule has 0 aliphatic carbocycles. The molecule has 4 rings (SSSR count). The molecule has 4 heterocycles. The number of nitrogens with zero attached hydrogens (tertiary/aromatic N) is 5. The van der Waals surface area contributed by atoms with E-state index in [-0.39, 0.29) is 12.0 Å². The van der Waals surface area contributed by atoms with E-state index in [4.69, 9.17) is 4.74 Å². The number of ether oxygens (including phenoxy) is 1. The van der Waals surface area contributed by atoms with Crippen molar-refractivity contribution < 1.29 is 9.53 Å². The molecule has 3 aromatic rings. The Bertz CT molecular complexity index is 853. The summed E-state index contributed by atoms with van der Waals surface area (Å²) >= 11 is 1.42. The first-order valence-corrected chi connectivity index (χ1v) is 8.43. The van der Waals surface area contributed by atoms with Crippen LogP contribution < -0.4 is 5.32 Å².